The third-order valence-electron chi connectivity index (χ3n) is 6.63. The van der Waals surface area contributed by atoms with Gasteiger partial charge in [0.1, 0.15) is 0 Å². The molecule has 76 valence electrons. The monoisotopic (exact) mass is 272 g/mol. The molecule has 8 bridgehead atoms. The largest absolute Gasteiger partial charge is 0.117 e. The second-order valence-electron chi connectivity index (χ2n) is 6.27. The van der Waals surface area contributed by atoms with Crippen molar-refractivity contribution < 1.29 is 0 Å². The molecule has 2 unspecified atom stereocenters. The van der Waals surface area contributed by atoms with Gasteiger partial charge in [0.05, 0.1) is 9.20 Å². The lowest BCUT2D eigenvalue weighted by molar-refractivity contribution is 0.209. The molecule has 6 rings (SSSR count). The van der Waals surface area contributed by atoms with E-state index in [1.54, 1.807) is 0 Å². The van der Waals surface area contributed by atoms with E-state index >= 15 is 0 Å². The Bertz CT molecular complexity index is 294. The molecular formula is C12H14BrCl. The van der Waals surface area contributed by atoms with Crippen LogP contribution >= 0.6 is 27.5 Å². The van der Waals surface area contributed by atoms with Crippen molar-refractivity contribution in [1.82, 2.24) is 0 Å². The summed E-state index contributed by atoms with van der Waals surface area (Å²) in [6.07, 6.45) is 5.81. The Kier molecular flexibility index (Phi) is 1.05. The van der Waals surface area contributed by atoms with Crippen LogP contribution in [0.4, 0.5) is 0 Å². The van der Waals surface area contributed by atoms with Crippen LogP contribution in [0.3, 0.4) is 0 Å². The summed E-state index contributed by atoms with van der Waals surface area (Å²) < 4.78 is 0.392. The molecule has 0 radical (unpaired) electrons. The maximum Gasteiger partial charge on any atom is 0.0666 e. The maximum atomic E-state index is 7.08. The van der Waals surface area contributed by atoms with E-state index in [2.05, 4.69) is 15.9 Å². The van der Waals surface area contributed by atoms with Crippen LogP contribution in [-0.2, 0) is 0 Å². The molecule has 6 aliphatic carbocycles. The second-order valence-corrected chi connectivity index (χ2v) is 8.21. The van der Waals surface area contributed by atoms with Crippen LogP contribution in [0.25, 0.3) is 0 Å². The van der Waals surface area contributed by atoms with E-state index in [-0.39, 0.29) is 4.87 Å². The Morgan fingerprint density at radius 3 is 1.71 bits per heavy atom. The van der Waals surface area contributed by atoms with Gasteiger partial charge in [-0.2, -0.15) is 0 Å². The summed E-state index contributed by atoms with van der Waals surface area (Å²) >= 11 is 11.2. The summed E-state index contributed by atoms with van der Waals surface area (Å²) in [4.78, 5) is 0.203. The SMILES string of the molecule is ClC12[C@@H]3CC[C@@H]4[C@H]3[C@H]3[C@@H]1CC[C@@H]3C42Br. The smallest absolute Gasteiger partial charge is 0.0666 e. The zero-order valence-corrected chi connectivity index (χ0v) is 10.4. The number of halogens is 2. The molecule has 0 saturated heterocycles. The fraction of sp³-hybridized carbons (Fsp3) is 1.00. The van der Waals surface area contributed by atoms with Gasteiger partial charge in [0, 0.05) is 0 Å². The number of hydrogen-bond acceptors (Lipinski definition) is 0. The van der Waals surface area contributed by atoms with Gasteiger partial charge in [0.15, 0.2) is 0 Å². The molecule has 0 amide bonds. The summed E-state index contributed by atoms with van der Waals surface area (Å²) in [7, 11) is 0. The highest BCUT2D eigenvalue weighted by atomic mass is 79.9. The highest BCUT2D eigenvalue weighted by Crippen LogP contribution is 2.89. The minimum atomic E-state index is 0.203. The molecule has 0 heterocycles. The molecule has 0 N–H and O–H groups in total. The molecule has 6 saturated carbocycles. The molecule has 2 heteroatoms. The van der Waals surface area contributed by atoms with Gasteiger partial charge in [-0.25, -0.2) is 0 Å². The van der Waals surface area contributed by atoms with Crippen molar-refractivity contribution >= 4 is 27.5 Å². The Labute approximate surface area is 97.9 Å². The number of rotatable bonds is 0. The fourth-order valence-corrected chi connectivity index (χ4v) is 9.21. The second kappa shape index (κ2) is 1.86. The van der Waals surface area contributed by atoms with Gasteiger partial charge in [-0.15, -0.1) is 11.6 Å². The lowest BCUT2D eigenvalue weighted by Crippen LogP contribution is -2.54. The molecule has 0 aliphatic heterocycles. The predicted molar refractivity (Wildman–Crippen MR) is 59.7 cm³/mol. The molecule has 14 heavy (non-hydrogen) atoms. The van der Waals surface area contributed by atoms with Crippen LogP contribution in [0.15, 0.2) is 0 Å². The van der Waals surface area contributed by atoms with Gasteiger partial charge in [0.25, 0.3) is 0 Å². The van der Waals surface area contributed by atoms with Crippen LogP contribution in [0.2, 0.25) is 0 Å². The highest BCUT2D eigenvalue weighted by molar-refractivity contribution is 9.10. The van der Waals surface area contributed by atoms with E-state index < -0.39 is 0 Å². The third kappa shape index (κ3) is 0.435. The molecule has 0 nitrogen and oxygen atoms in total. The first-order chi connectivity index (χ1) is 6.70. The average molecular weight is 274 g/mol. The van der Waals surface area contributed by atoms with Crippen LogP contribution in [-0.4, -0.2) is 9.20 Å². The first-order valence-corrected chi connectivity index (χ1v) is 7.25. The van der Waals surface area contributed by atoms with E-state index in [0.29, 0.717) is 4.32 Å². The highest BCUT2D eigenvalue weighted by Gasteiger charge is 2.89. The zero-order valence-electron chi connectivity index (χ0n) is 8.05. The third-order valence-corrected chi connectivity index (χ3v) is 9.56. The first kappa shape index (κ1) is 7.95. The van der Waals surface area contributed by atoms with Crippen LogP contribution in [0.5, 0.6) is 0 Å². The van der Waals surface area contributed by atoms with Crippen molar-refractivity contribution in [2.75, 3.05) is 0 Å². The Morgan fingerprint density at radius 1 is 0.857 bits per heavy atom. The van der Waals surface area contributed by atoms with Crippen molar-refractivity contribution in [3.05, 3.63) is 0 Å². The molecule has 6 fully saturated rings. The van der Waals surface area contributed by atoms with Crippen molar-refractivity contribution in [2.45, 2.75) is 34.9 Å². The van der Waals surface area contributed by atoms with Gasteiger partial charge in [-0.1, -0.05) is 15.9 Å². The van der Waals surface area contributed by atoms with Gasteiger partial charge in [-0.05, 0) is 61.2 Å². The molecule has 0 aromatic rings. The number of alkyl halides is 2. The Hall–Kier alpha value is 0.770. The standard InChI is InChI=1S/C12H14BrCl/c13-11-5-1-3-7-9(5)10-6(11)2-4-8(10)12(7,11)14/h5-10H,1-4H2/t5-,6+,7-,8+,9-,10-,11?,12?/m1/s1. The van der Waals surface area contributed by atoms with Crippen molar-refractivity contribution in [3.63, 3.8) is 0 Å². The van der Waals surface area contributed by atoms with Gasteiger partial charge < -0.3 is 0 Å². The van der Waals surface area contributed by atoms with E-state index in [1.165, 1.54) is 25.7 Å². The first-order valence-electron chi connectivity index (χ1n) is 6.08. The van der Waals surface area contributed by atoms with Crippen molar-refractivity contribution in [2.24, 2.45) is 35.5 Å². The minimum Gasteiger partial charge on any atom is -0.117 e. The Morgan fingerprint density at radius 2 is 1.29 bits per heavy atom. The van der Waals surface area contributed by atoms with Crippen LogP contribution in [0, 0.1) is 35.5 Å². The Balaban J connectivity index is 1.87. The summed E-state index contributed by atoms with van der Waals surface area (Å²) in [6.45, 7) is 0. The molecule has 0 aromatic carbocycles. The maximum absolute atomic E-state index is 7.08. The van der Waals surface area contributed by atoms with E-state index in [0.717, 1.165) is 35.5 Å². The van der Waals surface area contributed by atoms with Crippen LogP contribution < -0.4 is 0 Å². The quantitative estimate of drug-likeness (QED) is 0.593. The molecule has 0 spiro atoms. The van der Waals surface area contributed by atoms with Crippen molar-refractivity contribution in [1.29, 1.82) is 0 Å². The zero-order chi connectivity index (χ0) is 9.29. The normalized spacial score (nSPS) is 81.0. The molecular weight excluding hydrogens is 259 g/mol. The van der Waals surface area contributed by atoms with Crippen LogP contribution in [0.1, 0.15) is 25.7 Å². The molecule has 0 aromatic heterocycles. The summed E-state index contributed by atoms with van der Waals surface area (Å²) in [6, 6.07) is 0. The van der Waals surface area contributed by atoms with Gasteiger partial charge in [-0.3, -0.25) is 0 Å². The van der Waals surface area contributed by atoms with E-state index in [9.17, 15) is 0 Å². The van der Waals surface area contributed by atoms with E-state index in [1.807, 2.05) is 0 Å². The fourth-order valence-electron chi connectivity index (χ4n) is 6.77. The average Bonchev–Trinajstić information content (AvgIpc) is 2.82. The molecule has 6 aliphatic rings. The van der Waals surface area contributed by atoms with Gasteiger partial charge in [0.2, 0.25) is 0 Å². The van der Waals surface area contributed by atoms with Gasteiger partial charge >= 0.3 is 0 Å². The molecule has 8 atom stereocenters. The summed E-state index contributed by atoms with van der Waals surface area (Å²) in [5.41, 5.74) is 0. The summed E-state index contributed by atoms with van der Waals surface area (Å²) in [5.74, 6) is 5.75. The summed E-state index contributed by atoms with van der Waals surface area (Å²) in [5, 5.41) is 0. The van der Waals surface area contributed by atoms with E-state index in [4.69, 9.17) is 11.6 Å². The lowest BCUT2D eigenvalue weighted by Gasteiger charge is -2.49. The number of hydrogen-bond donors (Lipinski definition) is 0. The lowest BCUT2D eigenvalue weighted by atomic mass is 9.70. The minimum absolute atomic E-state index is 0.203. The van der Waals surface area contributed by atoms with Crippen molar-refractivity contribution in [3.8, 4) is 0 Å². The predicted octanol–water partition coefficient (Wildman–Crippen LogP) is 3.42. The topological polar surface area (TPSA) is 0 Å².